The Labute approximate surface area is 64.7 Å². The molecule has 2 N–H and O–H groups in total. The van der Waals surface area contributed by atoms with Gasteiger partial charge in [-0.2, -0.15) is 8.42 Å². The van der Waals surface area contributed by atoms with Crippen molar-refractivity contribution in [2.24, 2.45) is 0 Å². The van der Waals surface area contributed by atoms with Crippen LogP contribution in [-0.4, -0.2) is 23.8 Å². The summed E-state index contributed by atoms with van der Waals surface area (Å²) in [5.41, 5.74) is 0. The highest BCUT2D eigenvalue weighted by molar-refractivity contribution is 8.13. The van der Waals surface area contributed by atoms with Crippen LogP contribution in [0.4, 0.5) is 0 Å². The van der Waals surface area contributed by atoms with Crippen molar-refractivity contribution in [3.63, 3.8) is 0 Å². The Morgan fingerprint density at radius 3 is 2.60 bits per heavy atom. The first kappa shape index (κ1) is 9.54. The zero-order valence-corrected chi connectivity index (χ0v) is 6.70. The van der Waals surface area contributed by atoms with Crippen LogP contribution in [0.2, 0.25) is 0 Å². The largest absolute Gasteiger partial charge is 0.361 e. The molecule has 0 aliphatic rings. The fourth-order valence-corrected chi connectivity index (χ4v) is 0.596. The highest BCUT2D eigenvalue weighted by atomic mass is 32.2. The van der Waals surface area contributed by atoms with Gasteiger partial charge in [0, 0.05) is 6.54 Å². The Morgan fingerprint density at radius 1 is 1.80 bits per heavy atom. The third-order valence-electron chi connectivity index (χ3n) is 0.625. The lowest BCUT2D eigenvalue weighted by atomic mass is 10.6. The van der Waals surface area contributed by atoms with Crippen LogP contribution in [0.5, 0.6) is 0 Å². The van der Waals surface area contributed by atoms with Crippen molar-refractivity contribution in [1.29, 1.82) is 0 Å². The minimum Gasteiger partial charge on any atom is -0.361 e. The number of rotatable bonds is 2. The molecule has 58 valence electrons. The minimum absolute atomic E-state index is 0.221. The summed E-state index contributed by atoms with van der Waals surface area (Å²) in [5, 5.41) is 2.25. The first-order valence-electron chi connectivity index (χ1n) is 2.34. The fraction of sp³-hybridized carbons (Fsp3) is 0.250. The number of hydrogen-bond donors (Lipinski definition) is 2. The van der Waals surface area contributed by atoms with E-state index in [1.54, 1.807) is 0 Å². The Balaban J connectivity index is 4.00. The molecule has 0 radical (unpaired) electrons. The molecule has 0 aromatic carbocycles. The Bertz CT molecular complexity index is 231. The molecule has 0 heterocycles. The van der Waals surface area contributed by atoms with Crippen LogP contribution >= 0.6 is 12.2 Å². The maximum Gasteiger partial charge on any atom is 0.320 e. The van der Waals surface area contributed by atoms with E-state index >= 15 is 0 Å². The summed E-state index contributed by atoms with van der Waals surface area (Å²) in [5.74, 6) is 0. The fourth-order valence-electron chi connectivity index (χ4n) is 0.247. The highest BCUT2D eigenvalue weighted by Gasteiger charge is 2.10. The Morgan fingerprint density at radius 2 is 2.30 bits per heavy atom. The van der Waals surface area contributed by atoms with E-state index in [2.05, 4.69) is 24.1 Å². The van der Waals surface area contributed by atoms with Gasteiger partial charge in [0.05, 0.1) is 0 Å². The van der Waals surface area contributed by atoms with Gasteiger partial charge >= 0.3 is 10.1 Å². The van der Waals surface area contributed by atoms with Crippen molar-refractivity contribution in [3.8, 4) is 0 Å². The van der Waals surface area contributed by atoms with Crippen LogP contribution in [0.3, 0.4) is 0 Å². The molecule has 0 rings (SSSR count). The van der Waals surface area contributed by atoms with Crippen molar-refractivity contribution < 1.29 is 13.0 Å². The SMILES string of the molecule is C=CCNC(=S)S(=O)(=O)O. The van der Waals surface area contributed by atoms with Gasteiger partial charge in [0.15, 0.2) is 0 Å². The predicted molar refractivity (Wildman–Crippen MR) is 42.3 cm³/mol. The summed E-state index contributed by atoms with van der Waals surface area (Å²) in [6.07, 6.45) is 1.43. The van der Waals surface area contributed by atoms with E-state index in [9.17, 15) is 8.42 Å². The maximum atomic E-state index is 10.2. The summed E-state index contributed by atoms with van der Waals surface area (Å²) >= 11 is 4.26. The molecule has 0 aromatic rings. The topological polar surface area (TPSA) is 66.4 Å². The summed E-state index contributed by atoms with van der Waals surface area (Å²) in [4.78, 5) is 0. The van der Waals surface area contributed by atoms with Gasteiger partial charge in [-0.05, 0) is 12.2 Å². The lowest BCUT2D eigenvalue weighted by Gasteiger charge is -1.99. The molecule has 6 heteroatoms. The molecular weight excluding hydrogens is 174 g/mol. The van der Waals surface area contributed by atoms with Crippen molar-refractivity contribution in [2.45, 2.75) is 0 Å². The summed E-state index contributed by atoms with van der Waals surface area (Å²) in [6.45, 7) is 3.54. The van der Waals surface area contributed by atoms with E-state index in [4.69, 9.17) is 4.55 Å². The van der Waals surface area contributed by atoms with Gasteiger partial charge in [0.25, 0.3) is 0 Å². The molecule has 0 aliphatic heterocycles. The van der Waals surface area contributed by atoms with Crippen molar-refractivity contribution in [1.82, 2.24) is 5.32 Å². The van der Waals surface area contributed by atoms with Gasteiger partial charge in [-0.1, -0.05) is 6.08 Å². The molecule has 0 unspecified atom stereocenters. The van der Waals surface area contributed by atoms with E-state index in [-0.39, 0.29) is 6.54 Å². The zero-order chi connectivity index (χ0) is 8.20. The molecular formula is C4H7NO3S2. The van der Waals surface area contributed by atoms with Crippen LogP contribution in [0.1, 0.15) is 0 Å². The number of hydrogen-bond acceptors (Lipinski definition) is 3. The third kappa shape index (κ3) is 3.54. The van der Waals surface area contributed by atoms with Gasteiger partial charge in [0.2, 0.25) is 4.32 Å². The van der Waals surface area contributed by atoms with Crippen molar-refractivity contribution in [2.75, 3.05) is 6.54 Å². The van der Waals surface area contributed by atoms with Gasteiger partial charge in [0.1, 0.15) is 0 Å². The summed E-state index contributed by atoms with van der Waals surface area (Å²) in [7, 11) is -4.20. The zero-order valence-electron chi connectivity index (χ0n) is 5.07. The first-order valence-corrected chi connectivity index (χ1v) is 4.19. The second-order valence-corrected chi connectivity index (χ2v) is 3.46. The number of thiocarbonyl (C=S) groups is 1. The smallest absolute Gasteiger partial charge is 0.320 e. The summed E-state index contributed by atoms with van der Waals surface area (Å²) in [6, 6.07) is 0. The molecule has 0 bridgehead atoms. The van der Waals surface area contributed by atoms with Gasteiger partial charge in [-0.25, -0.2) is 0 Å². The molecule has 0 saturated carbocycles. The van der Waals surface area contributed by atoms with Crippen LogP contribution in [0.25, 0.3) is 0 Å². The van der Waals surface area contributed by atoms with Gasteiger partial charge in [-0.15, -0.1) is 6.58 Å². The molecule has 0 amide bonds. The molecule has 0 spiro atoms. The third-order valence-corrected chi connectivity index (χ3v) is 2.01. The Kier molecular flexibility index (Phi) is 3.48. The molecule has 0 aromatic heterocycles. The van der Waals surface area contributed by atoms with Crippen LogP contribution in [0.15, 0.2) is 12.7 Å². The van der Waals surface area contributed by atoms with Crippen LogP contribution in [0, 0.1) is 0 Å². The Hall–Kier alpha value is -0.460. The minimum atomic E-state index is -4.20. The standard InChI is InChI=1S/C4H7NO3S2/c1-2-3-5-4(9)10(6,7)8/h2H,1,3H2,(H,5,9)(H,6,7,8). The quantitative estimate of drug-likeness (QED) is 0.355. The van der Waals surface area contributed by atoms with Crippen molar-refractivity contribution in [3.05, 3.63) is 12.7 Å². The van der Waals surface area contributed by atoms with E-state index in [1.165, 1.54) is 6.08 Å². The monoisotopic (exact) mass is 181 g/mol. The van der Waals surface area contributed by atoms with Crippen molar-refractivity contribution >= 4 is 26.7 Å². The van der Waals surface area contributed by atoms with E-state index in [0.29, 0.717) is 0 Å². The van der Waals surface area contributed by atoms with E-state index in [0.717, 1.165) is 0 Å². The average molecular weight is 181 g/mol. The molecule has 0 saturated heterocycles. The molecule has 0 fully saturated rings. The predicted octanol–water partition coefficient (Wildman–Crippen LogP) is -0.0653. The molecule has 10 heavy (non-hydrogen) atoms. The summed E-state index contributed by atoms with van der Waals surface area (Å²) < 4.78 is 28.0. The van der Waals surface area contributed by atoms with E-state index in [1.807, 2.05) is 0 Å². The normalized spacial score (nSPS) is 10.5. The number of nitrogens with one attached hydrogen (secondary N) is 1. The van der Waals surface area contributed by atoms with E-state index < -0.39 is 14.4 Å². The lowest BCUT2D eigenvalue weighted by Crippen LogP contribution is -2.28. The van der Waals surface area contributed by atoms with Gasteiger partial charge in [-0.3, -0.25) is 4.55 Å². The van der Waals surface area contributed by atoms with Gasteiger partial charge < -0.3 is 5.32 Å². The first-order chi connectivity index (χ1) is 4.48. The second-order valence-electron chi connectivity index (χ2n) is 1.43. The van der Waals surface area contributed by atoms with Crippen LogP contribution in [-0.2, 0) is 10.1 Å². The second kappa shape index (κ2) is 3.65. The maximum absolute atomic E-state index is 10.2. The average Bonchev–Trinajstić information content (AvgIpc) is 1.80. The lowest BCUT2D eigenvalue weighted by molar-refractivity contribution is 0.497. The molecule has 0 aliphatic carbocycles. The van der Waals surface area contributed by atoms with Crippen LogP contribution < -0.4 is 5.32 Å². The molecule has 0 atom stereocenters. The molecule has 4 nitrogen and oxygen atoms in total. The highest BCUT2D eigenvalue weighted by Crippen LogP contribution is 1.83.